The second-order valence-electron chi connectivity index (χ2n) is 4.18. The van der Waals surface area contributed by atoms with Crippen LogP contribution in [-0.2, 0) is 11.3 Å². The predicted molar refractivity (Wildman–Crippen MR) is 83.0 cm³/mol. The average molecular weight is 310 g/mol. The van der Waals surface area contributed by atoms with Crippen LogP contribution < -0.4 is 5.32 Å². The van der Waals surface area contributed by atoms with Crippen molar-refractivity contribution in [2.24, 2.45) is 0 Å². The highest BCUT2D eigenvalue weighted by molar-refractivity contribution is 8.00. The lowest BCUT2D eigenvalue weighted by atomic mass is 10.4. The van der Waals surface area contributed by atoms with Gasteiger partial charge in [-0.05, 0) is 32.2 Å². The third-order valence-corrected chi connectivity index (χ3v) is 4.72. The zero-order valence-corrected chi connectivity index (χ0v) is 13.4. The minimum Gasteiger partial charge on any atom is -0.355 e. The van der Waals surface area contributed by atoms with Crippen LogP contribution in [-0.4, -0.2) is 32.5 Å². The van der Waals surface area contributed by atoms with Crippen molar-refractivity contribution in [3.05, 3.63) is 17.5 Å². The molecule has 0 aromatic carbocycles. The fraction of sp³-hybridized carbons (Fsp3) is 0.462. The molecule has 2 aromatic heterocycles. The van der Waals surface area contributed by atoms with Crippen molar-refractivity contribution >= 4 is 29.0 Å². The Labute approximate surface area is 126 Å². The molecule has 0 saturated heterocycles. The summed E-state index contributed by atoms with van der Waals surface area (Å²) in [6.07, 6.45) is 0. The van der Waals surface area contributed by atoms with Gasteiger partial charge in [-0.1, -0.05) is 17.8 Å². The van der Waals surface area contributed by atoms with Crippen LogP contribution >= 0.6 is 23.1 Å². The Bertz CT molecular complexity index is 565. The third kappa shape index (κ3) is 3.21. The SMILES string of the molecule is CCNC(=O)[C@@H](C)Sc1nnc(-c2cccs2)n1CC. The highest BCUT2D eigenvalue weighted by atomic mass is 32.2. The molecule has 0 radical (unpaired) electrons. The topological polar surface area (TPSA) is 59.8 Å². The third-order valence-electron chi connectivity index (χ3n) is 2.78. The summed E-state index contributed by atoms with van der Waals surface area (Å²) in [7, 11) is 0. The van der Waals surface area contributed by atoms with Crippen LogP contribution in [0.25, 0.3) is 10.7 Å². The molecule has 0 aliphatic heterocycles. The summed E-state index contributed by atoms with van der Waals surface area (Å²) in [5.41, 5.74) is 0. The van der Waals surface area contributed by atoms with Crippen molar-refractivity contribution in [3.8, 4) is 10.7 Å². The quantitative estimate of drug-likeness (QED) is 0.833. The monoisotopic (exact) mass is 310 g/mol. The Morgan fingerprint density at radius 3 is 2.90 bits per heavy atom. The summed E-state index contributed by atoms with van der Waals surface area (Å²) in [5.74, 6) is 0.897. The lowest BCUT2D eigenvalue weighted by Gasteiger charge is -2.11. The molecule has 108 valence electrons. The number of amides is 1. The first-order valence-corrected chi connectivity index (χ1v) is 8.34. The molecule has 7 heteroatoms. The van der Waals surface area contributed by atoms with Crippen molar-refractivity contribution in [2.45, 2.75) is 37.7 Å². The van der Waals surface area contributed by atoms with Gasteiger partial charge in [-0.15, -0.1) is 21.5 Å². The first kappa shape index (κ1) is 15.1. The van der Waals surface area contributed by atoms with Gasteiger partial charge in [-0.3, -0.25) is 4.79 Å². The van der Waals surface area contributed by atoms with Crippen LogP contribution in [0.15, 0.2) is 22.7 Å². The van der Waals surface area contributed by atoms with Crippen molar-refractivity contribution in [2.75, 3.05) is 6.54 Å². The van der Waals surface area contributed by atoms with E-state index in [-0.39, 0.29) is 11.2 Å². The molecule has 0 unspecified atom stereocenters. The van der Waals surface area contributed by atoms with Gasteiger partial charge in [0.1, 0.15) is 0 Å². The number of thiophene rings is 1. The molecular formula is C13H18N4OS2. The number of hydrogen-bond donors (Lipinski definition) is 1. The number of nitrogens with zero attached hydrogens (tertiary/aromatic N) is 3. The van der Waals surface area contributed by atoms with Gasteiger partial charge in [0.25, 0.3) is 0 Å². The van der Waals surface area contributed by atoms with Gasteiger partial charge in [-0.25, -0.2) is 0 Å². The van der Waals surface area contributed by atoms with Gasteiger partial charge in [0.2, 0.25) is 5.91 Å². The molecule has 1 N–H and O–H groups in total. The van der Waals surface area contributed by atoms with Gasteiger partial charge < -0.3 is 9.88 Å². The van der Waals surface area contributed by atoms with E-state index in [0.717, 1.165) is 22.4 Å². The van der Waals surface area contributed by atoms with E-state index in [4.69, 9.17) is 0 Å². The summed E-state index contributed by atoms with van der Waals surface area (Å²) < 4.78 is 2.05. The Hall–Kier alpha value is -1.34. The van der Waals surface area contributed by atoms with Gasteiger partial charge in [0, 0.05) is 13.1 Å². The molecule has 0 fully saturated rings. The Morgan fingerprint density at radius 1 is 1.50 bits per heavy atom. The van der Waals surface area contributed by atoms with Gasteiger partial charge in [0.05, 0.1) is 10.1 Å². The van der Waals surface area contributed by atoms with E-state index in [9.17, 15) is 4.79 Å². The zero-order valence-electron chi connectivity index (χ0n) is 11.8. The van der Waals surface area contributed by atoms with Crippen molar-refractivity contribution in [1.29, 1.82) is 0 Å². The maximum Gasteiger partial charge on any atom is 0.233 e. The number of rotatable bonds is 6. The maximum atomic E-state index is 11.8. The first-order chi connectivity index (χ1) is 9.67. The molecule has 2 heterocycles. The molecule has 0 saturated carbocycles. The van der Waals surface area contributed by atoms with Crippen molar-refractivity contribution < 1.29 is 4.79 Å². The Morgan fingerprint density at radius 2 is 2.30 bits per heavy atom. The fourth-order valence-electron chi connectivity index (χ4n) is 1.78. The molecular weight excluding hydrogens is 292 g/mol. The number of thioether (sulfide) groups is 1. The highest BCUT2D eigenvalue weighted by Crippen LogP contribution is 2.28. The van der Waals surface area contributed by atoms with E-state index in [2.05, 4.69) is 22.4 Å². The number of aromatic nitrogens is 3. The molecule has 0 bridgehead atoms. The Kier molecular flexibility index (Phi) is 5.19. The molecule has 1 atom stereocenters. The molecule has 0 aliphatic rings. The summed E-state index contributed by atoms with van der Waals surface area (Å²) in [4.78, 5) is 12.9. The molecule has 0 aliphatic carbocycles. The minimum absolute atomic E-state index is 0.0285. The molecule has 20 heavy (non-hydrogen) atoms. The first-order valence-electron chi connectivity index (χ1n) is 6.58. The fourth-order valence-corrected chi connectivity index (χ4v) is 3.43. The predicted octanol–water partition coefficient (Wildman–Crippen LogP) is 2.64. The maximum absolute atomic E-state index is 11.8. The summed E-state index contributed by atoms with van der Waals surface area (Å²) >= 11 is 3.08. The number of nitrogens with one attached hydrogen (secondary N) is 1. The zero-order chi connectivity index (χ0) is 14.5. The number of hydrogen-bond acceptors (Lipinski definition) is 5. The molecule has 1 amide bonds. The summed E-state index contributed by atoms with van der Waals surface area (Å²) in [5, 5.41) is 13.9. The second-order valence-corrected chi connectivity index (χ2v) is 6.44. The lowest BCUT2D eigenvalue weighted by Crippen LogP contribution is -2.30. The van der Waals surface area contributed by atoms with Gasteiger partial charge in [-0.2, -0.15) is 0 Å². The Balaban J connectivity index is 2.19. The second kappa shape index (κ2) is 6.90. The van der Waals surface area contributed by atoms with E-state index in [1.165, 1.54) is 11.8 Å². The van der Waals surface area contributed by atoms with Crippen molar-refractivity contribution in [3.63, 3.8) is 0 Å². The number of carbonyl (C=O) groups is 1. The minimum atomic E-state index is -0.180. The molecule has 2 aromatic rings. The average Bonchev–Trinajstić information content (AvgIpc) is 3.07. The van der Waals surface area contributed by atoms with Crippen LogP contribution in [0.3, 0.4) is 0 Å². The summed E-state index contributed by atoms with van der Waals surface area (Å²) in [6, 6.07) is 4.03. The highest BCUT2D eigenvalue weighted by Gasteiger charge is 2.19. The van der Waals surface area contributed by atoms with Crippen LogP contribution in [0.5, 0.6) is 0 Å². The number of carbonyl (C=O) groups excluding carboxylic acids is 1. The molecule has 5 nitrogen and oxygen atoms in total. The van der Waals surface area contributed by atoms with E-state index in [1.54, 1.807) is 11.3 Å². The van der Waals surface area contributed by atoms with Crippen LogP contribution in [0, 0.1) is 0 Å². The van der Waals surface area contributed by atoms with Gasteiger partial charge in [0.15, 0.2) is 11.0 Å². The normalized spacial score (nSPS) is 12.3. The van der Waals surface area contributed by atoms with E-state index >= 15 is 0 Å². The lowest BCUT2D eigenvalue weighted by molar-refractivity contribution is -0.120. The molecule has 2 rings (SSSR count). The smallest absolute Gasteiger partial charge is 0.233 e. The molecule has 0 spiro atoms. The van der Waals surface area contributed by atoms with Crippen molar-refractivity contribution in [1.82, 2.24) is 20.1 Å². The standard InChI is InChI=1S/C13H18N4OS2/c1-4-14-12(18)9(3)20-13-16-15-11(17(13)5-2)10-7-6-8-19-10/h6-9H,4-5H2,1-3H3,(H,14,18)/t9-/m1/s1. The van der Waals surface area contributed by atoms with Crippen LogP contribution in [0.1, 0.15) is 20.8 Å². The van der Waals surface area contributed by atoms with E-state index < -0.39 is 0 Å². The van der Waals surface area contributed by atoms with E-state index in [0.29, 0.717) is 6.54 Å². The van der Waals surface area contributed by atoms with Crippen LogP contribution in [0.4, 0.5) is 0 Å². The van der Waals surface area contributed by atoms with Gasteiger partial charge >= 0.3 is 0 Å². The largest absolute Gasteiger partial charge is 0.355 e. The summed E-state index contributed by atoms with van der Waals surface area (Å²) in [6.45, 7) is 7.28. The van der Waals surface area contributed by atoms with E-state index in [1.807, 2.05) is 35.9 Å². The van der Waals surface area contributed by atoms with Crippen LogP contribution in [0.2, 0.25) is 0 Å².